The van der Waals surface area contributed by atoms with E-state index < -0.39 is 24.5 Å². The Hall–Kier alpha value is -3.89. The summed E-state index contributed by atoms with van der Waals surface area (Å²) < 4.78 is 33.5. The van der Waals surface area contributed by atoms with Gasteiger partial charge in [0.25, 0.3) is 0 Å². The second-order valence-electron chi connectivity index (χ2n) is 10.5. The zero-order chi connectivity index (χ0) is 34.3. The third kappa shape index (κ3) is 17.0. The van der Waals surface area contributed by atoms with Crippen molar-refractivity contribution in [1.82, 2.24) is 10.2 Å². The van der Waals surface area contributed by atoms with Crippen molar-refractivity contribution in [2.24, 2.45) is 4.99 Å². The zero-order valence-corrected chi connectivity index (χ0v) is 27.0. The van der Waals surface area contributed by atoms with Crippen LogP contribution in [-0.2, 0) is 55.9 Å². The lowest BCUT2D eigenvalue weighted by Gasteiger charge is -2.31. The van der Waals surface area contributed by atoms with E-state index in [1.165, 1.54) is 11.3 Å². The first kappa shape index (κ1) is 39.3. The van der Waals surface area contributed by atoms with Crippen LogP contribution in [-0.4, -0.2) is 131 Å². The minimum absolute atomic E-state index is 0.0132. The summed E-state index contributed by atoms with van der Waals surface area (Å²) in [6.45, 7) is 3.26. The number of hydrogen-bond acceptors (Lipinski definition) is 12. The fourth-order valence-corrected chi connectivity index (χ4v) is 4.35. The lowest BCUT2D eigenvalue weighted by Crippen LogP contribution is -2.42. The molecule has 1 heterocycles. The Kier molecular flexibility index (Phi) is 19.6. The Morgan fingerprint density at radius 3 is 2.51 bits per heavy atom. The number of benzene rings is 1. The van der Waals surface area contributed by atoms with Gasteiger partial charge in [-0.3, -0.25) is 19.4 Å². The molecule has 262 valence electrons. The number of likely N-dealkylation sites (N-methyl/N-ethyl adjacent to an activating group) is 1. The maximum Gasteiger partial charge on any atom is 0.333 e. The fraction of sp³-hybridized carbons (Fsp3) is 0.594. The van der Waals surface area contributed by atoms with E-state index in [0.717, 1.165) is 36.1 Å². The van der Waals surface area contributed by atoms with Crippen LogP contribution in [0.5, 0.6) is 5.75 Å². The van der Waals surface area contributed by atoms with E-state index in [1.807, 2.05) is 12.1 Å². The van der Waals surface area contributed by atoms with Crippen molar-refractivity contribution in [3.63, 3.8) is 0 Å². The van der Waals surface area contributed by atoms with E-state index in [4.69, 9.17) is 28.4 Å². The van der Waals surface area contributed by atoms with Crippen molar-refractivity contribution in [2.75, 3.05) is 66.8 Å². The molecule has 0 radical (unpaired) electrons. The number of aryl methyl sites for hydroxylation is 1. The first-order valence-corrected chi connectivity index (χ1v) is 15.5. The van der Waals surface area contributed by atoms with Gasteiger partial charge in [-0.05, 0) is 36.6 Å². The number of aliphatic imine (C=N–C) groups is 1. The predicted molar refractivity (Wildman–Crippen MR) is 169 cm³/mol. The molecule has 0 bridgehead atoms. The third-order valence-electron chi connectivity index (χ3n) is 6.78. The Morgan fingerprint density at radius 1 is 1.09 bits per heavy atom. The molecule has 1 aromatic rings. The predicted octanol–water partition coefficient (Wildman–Crippen LogP) is 0.893. The van der Waals surface area contributed by atoms with Gasteiger partial charge in [0.2, 0.25) is 18.1 Å². The second-order valence-corrected chi connectivity index (χ2v) is 10.5. The highest BCUT2D eigenvalue weighted by atomic mass is 16.7. The number of amides is 2. The Bertz CT molecular complexity index is 1160. The molecule has 0 saturated carbocycles. The number of aldehydes is 1. The minimum Gasteiger partial charge on any atom is -0.479 e. The number of rotatable bonds is 24. The minimum atomic E-state index is -1.14. The highest BCUT2D eigenvalue weighted by Crippen LogP contribution is 2.27. The number of carboxylic acids is 1. The Morgan fingerprint density at radius 2 is 1.81 bits per heavy atom. The average Bonchev–Trinajstić information content (AvgIpc) is 3.05. The highest BCUT2D eigenvalue weighted by molar-refractivity contribution is 5.91. The van der Waals surface area contributed by atoms with Crippen molar-refractivity contribution in [3.8, 4) is 5.75 Å². The molecule has 1 aromatic carbocycles. The van der Waals surface area contributed by atoms with Crippen LogP contribution in [0.2, 0.25) is 0 Å². The Balaban J connectivity index is 1.56. The number of carbonyl (C=O) groups excluding carboxylic acids is 3. The molecule has 47 heavy (non-hydrogen) atoms. The largest absolute Gasteiger partial charge is 0.479 e. The van der Waals surface area contributed by atoms with E-state index in [-0.39, 0.29) is 44.2 Å². The van der Waals surface area contributed by atoms with Crippen LogP contribution < -0.4 is 10.1 Å². The molecule has 0 aromatic heterocycles. The zero-order valence-electron chi connectivity index (χ0n) is 27.0. The van der Waals surface area contributed by atoms with E-state index in [1.54, 1.807) is 20.2 Å². The van der Waals surface area contributed by atoms with E-state index >= 15 is 0 Å². The van der Waals surface area contributed by atoms with Crippen LogP contribution >= 0.6 is 0 Å². The average molecular weight is 666 g/mol. The lowest BCUT2D eigenvalue weighted by molar-refractivity contribution is -0.195. The number of carboxylic acid groups (broad SMARTS) is 1. The summed E-state index contributed by atoms with van der Waals surface area (Å²) in [5.74, 6) is -1.22. The SMILES string of the molecule is CN=COCc1cc(CCCOCCOCCOCCNC(=O)CCN(C)C(=O)/C=C\C=O)ccc1OC1CC(O)CC(C(=O)O)O1. The molecule has 3 unspecified atom stereocenters. The number of hydrogen-bond donors (Lipinski definition) is 3. The Labute approximate surface area is 274 Å². The van der Waals surface area contributed by atoms with Gasteiger partial charge in [-0.15, -0.1) is 0 Å². The molecular weight excluding hydrogens is 618 g/mol. The molecule has 1 aliphatic heterocycles. The van der Waals surface area contributed by atoms with Crippen molar-refractivity contribution in [2.45, 2.75) is 57.2 Å². The summed E-state index contributed by atoms with van der Waals surface area (Å²) in [7, 11) is 3.15. The summed E-state index contributed by atoms with van der Waals surface area (Å²) in [6.07, 6.45) is 3.06. The summed E-state index contributed by atoms with van der Waals surface area (Å²) in [5.41, 5.74) is 1.77. The van der Waals surface area contributed by atoms with Gasteiger partial charge >= 0.3 is 5.97 Å². The number of allylic oxidation sites excluding steroid dienone is 1. The topological polar surface area (TPSA) is 192 Å². The highest BCUT2D eigenvalue weighted by Gasteiger charge is 2.34. The van der Waals surface area contributed by atoms with Crippen LogP contribution in [0.1, 0.15) is 36.8 Å². The summed E-state index contributed by atoms with van der Waals surface area (Å²) in [4.78, 5) is 50.3. The maximum atomic E-state index is 11.9. The number of aliphatic hydroxyl groups excluding tert-OH is 1. The monoisotopic (exact) mass is 665 g/mol. The molecule has 1 fully saturated rings. The molecular formula is C32H47N3O12. The van der Waals surface area contributed by atoms with Crippen LogP contribution in [0.25, 0.3) is 0 Å². The summed E-state index contributed by atoms with van der Waals surface area (Å²) in [6, 6.07) is 5.64. The molecule has 1 aliphatic rings. The summed E-state index contributed by atoms with van der Waals surface area (Å²) >= 11 is 0. The van der Waals surface area contributed by atoms with Gasteiger partial charge in [0.15, 0.2) is 12.5 Å². The fourth-order valence-electron chi connectivity index (χ4n) is 4.35. The normalized spacial score (nSPS) is 17.9. The van der Waals surface area contributed by atoms with Gasteiger partial charge in [-0.25, -0.2) is 4.79 Å². The number of carbonyl (C=O) groups is 4. The van der Waals surface area contributed by atoms with Crippen LogP contribution in [0, 0.1) is 0 Å². The van der Waals surface area contributed by atoms with Gasteiger partial charge in [0.05, 0.1) is 39.1 Å². The first-order chi connectivity index (χ1) is 22.7. The van der Waals surface area contributed by atoms with Gasteiger partial charge in [0, 0.05) is 64.7 Å². The molecule has 15 nitrogen and oxygen atoms in total. The molecule has 3 N–H and O–H groups in total. The molecule has 3 atom stereocenters. The first-order valence-electron chi connectivity index (χ1n) is 15.5. The molecule has 0 aliphatic carbocycles. The number of aliphatic hydroxyl groups is 1. The number of nitrogens with one attached hydrogen (secondary N) is 1. The van der Waals surface area contributed by atoms with Crippen LogP contribution in [0.15, 0.2) is 35.3 Å². The number of aliphatic carboxylic acids is 1. The lowest BCUT2D eigenvalue weighted by atomic mass is 10.0. The smallest absolute Gasteiger partial charge is 0.333 e. The maximum absolute atomic E-state index is 11.9. The second kappa shape index (κ2) is 23.4. The van der Waals surface area contributed by atoms with Crippen LogP contribution in [0.4, 0.5) is 0 Å². The van der Waals surface area contributed by atoms with Crippen molar-refractivity contribution < 1.29 is 57.8 Å². The van der Waals surface area contributed by atoms with Gasteiger partial charge in [-0.1, -0.05) is 6.07 Å². The molecule has 0 spiro atoms. The standard InChI is InChI=1S/C32H47N3O12/c1-33-23-45-22-25-19-24(7-8-27(25)46-31-21-26(37)20-28(47-31)32(40)41)5-4-13-42-15-17-44-18-16-43-14-10-34-29(38)9-11-35(2)30(39)6-3-12-36/h3,6-8,12,19,23,26,28,31,37H,4-5,9-11,13-18,20-22H2,1-2H3,(H,34,38)(H,40,41)/b6-3-,33-23?. The third-order valence-corrected chi connectivity index (χ3v) is 6.78. The molecule has 15 heteroatoms. The van der Waals surface area contributed by atoms with E-state index in [2.05, 4.69) is 10.3 Å². The molecule has 2 rings (SSSR count). The number of ether oxygens (including phenoxy) is 6. The van der Waals surface area contributed by atoms with E-state index in [9.17, 15) is 29.4 Å². The molecule has 1 saturated heterocycles. The van der Waals surface area contributed by atoms with Gasteiger partial charge < -0.3 is 48.9 Å². The van der Waals surface area contributed by atoms with Crippen molar-refractivity contribution in [1.29, 1.82) is 0 Å². The van der Waals surface area contributed by atoms with E-state index in [0.29, 0.717) is 58.2 Å². The van der Waals surface area contributed by atoms with Gasteiger partial charge in [0.1, 0.15) is 18.6 Å². The quantitative estimate of drug-likeness (QED) is 0.0465. The van der Waals surface area contributed by atoms with Crippen molar-refractivity contribution in [3.05, 3.63) is 41.5 Å². The summed E-state index contributed by atoms with van der Waals surface area (Å²) in [5, 5.41) is 22.0. The van der Waals surface area contributed by atoms with Gasteiger partial charge in [-0.2, -0.15) is 0 Å². The van der Waals surface area contributed by atoms with Crippen LogP contribution in [0.3, 0.4) is 0 Å². The number of nitrogens with zero attached hydrogens (tertiary/aromatic N) is 2. The molecule has 2 amide bonds. The van der Waals surface area contributed by atoms with Crippen molar-refractivity contribution >= 4 is 30.5 Å².